The van der Waals surface area contributed by atoms with Gasteiger partial charge in [0.15, 0.2) is 5.70 Å². The zero-order valence-corrected chi connectivity index (χ0v) is 26.8. The molecule has 2 atom stereocenters. The van der Waals surface area contributed by atoms with E-state index in [1.54, 1.807) is 9.80 Å². The fourth-order valence-corrected chi connectivity index (χ4v) is 5.76. The average Bonchev–Trinajstić information content (AvgIpc) is 3.42. The predicted octanol–water partition coefficient (Wildman–Crippen LogP) is 0.617. The van der Waals surface area contributed by atoms with Gasteiger partial charge in [-0.25, -0.2) is 19.0 Å². The summed E-state index contributed by atoms with van der Waals surface area (Å²) in [5.41, 5.74) is 1.74. The molecule has 0 radical (unpaired) electrons. The van der Waals surface area contributed by atoms with Crippen LogP contribution >= 0.6 is 0 Å². The van der Waals surface area contributed by atoms with Crippen molar-refractivity contribution in [2.45, 2.75) is 26.3 Å². The third kappa shape index (κ3) is 8.77. The second-order valence-corrected chi connectivity index (χ2v) is 11.8. The summed E-state index contributed by atoms with van der Waals surface area (Å²) in [6.45, 7) is 6.94. The molecule has 0 unspecified atom stereocenters. The molecule has 2 saturated heterocycles. The number of nitrogens with zero attached hydrogens (tertiary/aromatic N) is 4. The molecule has 4 N–H and O–H groups in total. The molecular formula is C31H43FN6O9. The van der Waals surface area contributed by atoms with E-state index in [-0.39, 0.29) is 61.2 Å². The number of ether oxygens (including phenoxy) is 3. The second kappa shape index (κ2) is 16.5. The van der Waals surface area contributed by atoms with Crippen LogP contribution in [-0.2, 0) is 33.4 Å². The number of anilines is 1. The minimum atomic E-state index is -1.64. The molecule has 3 aliphatic heterocycles. The van der Waals surface area contributed by atoms with Crippen molar-refractivity contribution in [2.24, 2.45) is 11.8 Å². The van der Waals surface area contributed by atoms with E-state index in [9.17, 15) is 29.4 Å². The number of carboxylic acids is 2. The van der Waals surface area contributed by atoms with Gasteiger partial charge in [0, 0.05) is 45.9 Å². The number of hydrazine groups is 2. The number of carboxylic acid groups (broad SMARTS) is 2. The van der Waals surface area contributed by atoms with Gasteiger partial charge in [-0.15, -0.1) is 0 Å². The van der Waals surface area contributed by atoms with Crippen LogP contribution in [-0.4, -0.2) is 128 Å². The normalized spacial score (nSPS) is 20.4. The number of nitrogens with one attached hydrogen (secondary N) is 2. The number of hydrogen-bond acceptors (Lipinski definition) is 11. The largest absolute Gasteiger partial charge is 0.478 e. The number of rotatable bonds is 14. The van der Waals surface area contributed by atoms with Crippen LogP contribution < -0.4 is 15.8 Å². The summed E-state index contributed by atoms with van der Waals surface area (Å²) in [5.74, 6) is -4.94. The SMILES string of the molecule is COCCOCC1=C(C(=O)N(CC(C)C)[C@@H]2CNC[C@H](C(=O)N3CCOCC3)C2)NN(/C(=C/C(=O)O)C(=O)O)N1c1ccccc1F. The number of morpholine rings is 1. The highest BCUT2D eigenvalue weighted by Gasteiger charge is 2.43. The number of piperidine rings is 1. The number of halogens is 1. The number of amides is 2. The lowest BCUT2D eigenvalue weighted by molar-refractivity contribution is -0.142. The maximum absolute atomic E-state index is 15.4. The first-order chi connectivity index (χ1) is 22.5. The van der Waals surface area contributed by atoms with Crippen LogP contribution in [0.5, 0.6) is 0 Å². The molecule has 4 rings (SSSR count). The standard InChI is InChI=1S/C31H43FN6O9/c1-20(2)18-36(22-14-21(16-33-17-22)29(41)35-8-10-46-11-9-35)30(42)28-26(19-47-13-12-45-3)37(24-7-5-4-6-23(24)32)38(34-28)25(31(43)44)15-27(39)40/h4-7,15,20-22,33-34H,8-14,16-19H2,1-3H3,(H,39,40)(H,43,44)/b25-15+/t21-,22+/m1/s1. The molecule has 47 heavy (non-hydrogen) atoms. The summed E-state index contributed by atoms with van der Waals surface area (Å²) in [5, 5.41) is 24.8. The Labute approximate surface area is 272 Å². The summed E-state index contributed by atoms with van der Waals surface area (Å²) in [6.07, 6.45) is 0.827. The molecule has 3 heterocycles. The first-order valence-corrected chi connectivity index (χ1v) is 15.5. The van der Waals surface area contributed by atoms with E-state index in [0.29, 0.717) is 51.9 Å². The van der Waals surface area contributed by atoms with E-state index < -0.39 is 35.4 Å². The first-order valence-electron chi connectivity index (χ1n) is 15.5. The molecule has 16 heteroatoms. The van der Waals surface area contributed by atoms with Crippen molar-refractivity contribution in [2.75, 3.05) is 77.9 Å². The smallest absolute Gasteiger partial charge is 0.356 e. The van der Waals surface area contributed by atoms with E-state index in [1.165, 1.54) is 25.3 Å². The van der Waals surface area contributed by atoms with E-state index in [1.807, 2.05) is 13.8 Å². The maximum Gasteiger partial charge on any atom is 0.356 e. The van der Waals surface area contributed by atoms with Crippen LogP contribution in [0.4, 0.5) is 10.1 Å². The molecule has 0 bridgehead atoms. The van der Waals surface area contributed by atoms with Gasteiger partial charge in [-0.2, -0.15) is 5.12 Å². The van der Waals surface area contributed by atoms with E-state index in [4.69, 9.17) is 14.2 Å². The van der Waals surface area contributed by atoms with Crippen LogP contribution in [0.3, 0.4) is 0 Å². The highest BCUT2D eigenvalue weighted by atomic mass is 19.1. The summed E-state index contributed by atoms with van der Waals surface area (Å²) >= 11 is 0. The summed E-state index contributed by atoms with van der Waals surface area (Å²) in [6, 6.07) is 5.06. The lowest BCUT2D eigenvalue weighted by Gasteiger charge is -2.40. The Morgan fingerprint density at radius 2 is 1.85 bits per heavy atom. The topological polar surface area (TPSA) is 173 Å². The molecule has 0 aromatic heterocycles. The van der Waals surface area contributed by atoms with Gasteiger partial charge in [0.2, 0.25) is 5.91 Å². The van der Waals surface area contributed by atoms with Crippen molar-refractivity contribution in [1.29, 1.82) is 0 Å². The molecule has 258 valence electrons. The number of methoxy groups -OCH3 is 1. The Bertz CT molecular complexity index is 1370. The van der Waals surface area contributed by atoms with E-state index in [0.717, 1.165) is 16.2 Å². The molecule has 3 aliphatic rings. The molecule has 1 aromatic rings. The highest BCUT2D eigenvalue weighted by molar-refractivity contribution is 5.98. The second-order valence-electron chi connectivity index (χ2n) is 11.8. The third-order valence-electron chi connectivity index (χ3n) is 7.90. The van der Waals surface area contributed by atoms with Gasteiger partial charge >= 0.3 is 11.9 Å². The number of carbonyl (C=O) groups excluding carboxylic acids is 2. The first kappa shape index (κ1) is 35.6. The Kier molecular flexibility index (Phi) is 12.5. The van der Waals surface area contributed by atoms with E-state index >= 15 is 4.39 Å². The average molecular weight is 663 g/mol. The van der Waals surface area contributed by atoms with Crippen LogP contribution in [0.25, 0.3) is 0 Å². The van der Waals surface area contributed by atoms with Gasteiger partial charge < -0.3 is 39.5 Å². The van der Waals surface area contributed by atoms with Gasteiger partial charge in [-0.3, -0.25) is 15.0 Å². The summed E-state index contributed by atoms with van der Waals surface area (Å²) in [4.78, 5) is 55.5. The van der Waals surface area contributed by atoms with Crippen molar-refractivity contribution >= 4 is 29.4 Å². The fraction of sp³-hybridized carbons (Fsp3) is 0.548. The monoisotopic (exact) mass is 662 g/mol. The zero-order valence-electron chi connectivity index (χ0n) is 26.8. The minimum Gasteiger partial charge on any atom is -0.478 e. The van der Waals surface area contributed by atoms with E-state index in [2.05, 4.69) is 10.7 Å². The Morgan fingerprint density at radius 3 is 2.49 bits per heavy atom. The lowest BCUT2D eigenvalue weighted by atomic mass is 9.92. The van der Waals surface area contributed by atoms with Crippen molar-refractivity contribution < 1.29 is 48.0 Å². The van der Waals surface area contributed by atoms with Crippen LogP contribution in [0.1, 0.15) is 20.3 Å². The zero-order chi connectivity index (χ0) is 34.1. The number of carbonyl (C=O) groups is 4. The fourth-order valence-electron chi connectivity index (χ4n) is 5.76. The van der Waals surface area contributed by atoms with Crippen LogP contribution in [0.2, 0.25) is 0 Å². The van der Waals surface area contributed by atoms with Crippen molar-refractivity contribution in [1.82, 2.24) is 25.7 Å². The Balaban J connectivity index is 1.77. The Hall–Kier alpha value is -4.25. The molecule has 0 saturated carbocycles. The number of benzene rings is 1. The molecule has 2 amide bonds. The summed E-state index contributed by atoms with van der Waals surface area (Å²) < 4.78 is 31.6. The lowest BCUT2D eigenvalue weighted by Crippen LogP contribution is -2.56. The quantitative estimate of drug-likeness (QED) is 0.161. The minimum absolute atomic E-state index is 0.00191. The predicted molar refractivity (Wildman–Crippen MR) is 166 cm³/mol. The maximum atomic E-state index is 15.4. The van der Waals surface area contributed by atoms with Crippen molar-refractivity contribution in [3.8, 4) is 0 Å². The molecule has 1 aromatic carbocycles. The van der Waals surface area contributed by atoms with Gasteiger partial charge in [-0.1, -0.05) is 26.0 Å². The van der Waals surface area contributed by atoms with Crippen molar-refractivity contribution in [3.63, 3.8) is 0 Å². The number of hydrogen-bond donors (Lipinski definition) is 4. The summed E-state index contributed by atoms with van der Waals surface area (Å²) in [7, 11) is 1.48. The van der Waals surface area contributed by atoms with Crippen molar-refractivity contribution in [3.05, 3.63) is 53.2 Å². The number of para-hydroxylation sites is 1. The molecule has 2 fully saturated rings. The van der Waals surface area contributed by atoms with Gasteiger partial charge in [0.25, 0.3) is 5.91 Å². The molecule has 0 spiro atoms. The van der Waals surface area contributed by atoms with Crippen LogP contribution in [0.15, 0.2) is 47.4 Å². The van der Waals surface area contributed by atoms with Gasteiger partial charge in [-0.05, 0) is 24.5 Å². The van der Waals surface area contributed by atoms with Gasteiger partial charge in [0.1, 0.15) is 17.2 Å². The Morgan fingerprint density at radius 1 is 1.13 bits per heavy atom. The highest BCUT2D eigenvalue weighted by Crippen LogP contribution is 2.34. The molecule has 0 aliphatic carbocycles. The molecule has 15 nitrogen and oxygen atoms in total. The number of aliphatic carboxylic acids is 2. The van der Waals surface area contributed by atoms with Gasteiger partial charge in [0.05, 0.1) is 50.7 Å². The third-order valence-corrected chi connectivity index (χ3v) is 7.90. The van der Waals surface area contributed by atoms with Crippen LogP contribution in [0, 0.1) is 17.7 Å². The molecular weight excluding hydrogens is 619 g/mol.